The molecule has 19 heavy (non-hydrogen) atoms. The van der Waals surface area contributed by atoms with Crippen molar-refractivity contribution in [1.29, 1.82) is 0 Å². The van der Waals surface area contributed by atoms with Gasteiger partial charge in [0.25, 0.3) is 0 Å². The number of piperidine rings is 1. The Morgan fingerprint density at radius 2 is 2.32 bits per heavy atom. The molecular weight excluding hydrogens is 313 g/mol. The van der Waals surface area contributed by atoms with Crippen molar-refractivity contribution in [3.63, 3.8) is 0 Å². The Bertz CT molecular complexity index is 481. The van der Waals surface area contributed by atoms with Gasteiger partial charge < -0.3 is 5.11 Å². The molecule has 0 aliphatic carbocycles. The van der Waals surface area contributed by atoms with Gasteiger partial charge in [-0.1, -0.05) is 13.0 Å². The number of hydrogen-bond donors (Lipinski definition) is 1. The molecule has 104 valence electrons. The van der Waals surface area contributed by atoms with Gasteiger partial charge in [0.1, 0.15) is 5.82 Å². The molecule has 1 N–H and O–H groups in total. The van der Waals surface area contributed by atoms with Crippen LogP contribution in [0, 0.1) is 17.7 Å². The Morgan fingerprint density at radius 1 is 1.58 bits per heavy atom. The van der Waals surface area contributed by atoms with Gasteiger partial charge in [-0.15, -0.1) is 0 Å². The van der Waals surface area contributed by atoms with Crippen LogP contribution in [-0.2, 0) is 11.3 Å². The minimum Gasteiger partial charge on any atom is -0.481 e. The van der Waals surface area contributed by atoms with Crippen molar-refractivity contribution in [2.24, 2.45) is 11.8 Å². The number of hydrogen-bond acceptors (Lipinski definition) is 2. The smallest absolute Gasteiger partial charge is 0.306 e. The second-order valence-electron chi connectivity index (χ2n) is 5.19. The monoisotopic (exact) mass is 329 g/mol. The lowest BCUT2D eigenvalue weighted by molar-refractivity contribution is -0.145. The summed E-state index contributed by atoms with van der Waals surface area (Å²) in [5.41, 5.74) is 1.04. The Kier molecular flexibility index (Phi) is 4.58. The molecule has 2 unspecified atom stereocenters. The van der Waals surface area contributed by atoms with Gasteiger partial charge in [-0.2, -0.15) is 0 Å². The third-order valence-electron chi connectivity index (χ3n) is 3.70. The van der Waals surface area contributed by atoms with Gasteiger partial charge in [-0.3, -0.25) is 9.69 Å². The molecule has 0 aromatic heterocycles. The molecule has 0 saturated carbocycles. The lowest BCUT2D eigenvalue weighted by Crippen LogP contribution is -2.41. The summed E-state index contributed by atoms with van der Waals surface area (Å²) in [5, 5.41) is 9.09. The van der Waals surface area contributed by atoms with E-state index < -0.39 is 5.97 Å². The number of rotatable bonds is 3. The van der Waals surface area contributed by atoms with E-state index in [1.807, 2.05) is 6.92 Å². The molecule has 1 aliphatic rings. The van der Waals surface area contributed by atoms with Crippen molar-refractivity contribution in [3.8, 4) is 0 Å². The van der Waals surface area contributed by atoms with E-state index in [0.29, 0.717) is 10.9 Å². The first-order valence-corrected chi connectivity index (χ1v) is 7.15. The molecule has 0 amide bonds. The summed E-state index contributed by atoms with van der Waals surface area (Å²) in [6.07, 6.45) is 0.679. The standard InChI is InChI=1S/C14H17BrFNO2/c1-9-7-17(5-4-11(9)14(18)19)8-10-2-3-13(16)12(15)6-10/h2-3,6,9,11H,4-5,7-8H2,1H3,(H,18,19). The third kappa shape index (κ3) is 3.54. The van der Waals surface area contributed by atoms with Crippen molar-refractivity contribution in [3.05, 3.63) is 34.1 Å². The van der Waals surface area contributed by atoms with Gasteiger partial charge in [0, 0.05) is 13.1 Å². The minimum absolute atomic E-state index is 0.148. The molecule has 1 saturated heterocycles. The Balaban J connectivity index is 1.98. The molecule has 0 spiro atoms. The fraction of sp³-hybridized carbons (Fsp3) is 0.500. The van der Waals surface area contributed by atoms with Crippen molar-refractivity contribution in [2.75, 3.05) is 13.1 Å². The SMILES string of the molecule is CC1CN(Cc2ccc(F)c(Br)c2)CCC1C(=O)O. The zero-order valence-corrected chi connectivity index (χ0v) is 12.4. The average molecular weight is 330 g/mol. The number of aliphatic carboxylic acids is 1. The molecule has 2 rings (SSSR count). The maximum Gasteiger partial charge on any atom is 0.306 e. The number of likely N-dealkylation sites (tertiary alicyclic amines) is 1. The molecule has 1 heterocycles. The Hall–Kier alpha value is -0.940. The second-order valence-corrected chi connectivity index (χ2v) is 6.05. The van der Waals surface area contributed by atoms with Crippen LogP contribution in [0.3, 0.4) is 0 Å². The van der Waals surface area contributed by atoms with Crippen LogP contribution >= 0.6 is 15.9 Å². The molecule has 5 heteroatoms. The van der Waals surface area contributed by atoms with Crippen LogP contribution in [0.15, 0.2) is 22.7 Å². The third-order valence-corrected chi connectivity index (χ3v) is 4.30. The van der Waals surface area contributed by atoms with Gasteiger partial charge in [0.15, 0.2) is 0 Å². The predicted octanol–water partition coefficient (Wildman–Crippen LogP) is 3.13. The number of carboxylic acid groups (broad SMARTS) is 1. The summed E-state index contributed by atoms with van der Waals surface area (Å²) in [6.45, 7) is 4.25. The maximum absolute atomic E-state index is 13.2. The van der Waals surface area contributed by atoms with Crippen molar-refractivity contribution in [2.45, 2.75) is 19.9 Å². The van der Waals surface area contributed by atoms with Crippen molar-refractivity contribution < 1.29 is 14.3 Å². The Morgan fingerprint density at radius 3 is 2.89 bits per heavy atom. The van der Waals surface area contributed by atoms with Gasteiger partial charge in [0.05, 0.1) is 10.4 Å². The number of halogens is 2. The summed E-state index contributed by atoms with van der Waals surface area (Å²) in [6, 6.07) is 5.00. The highest BCUT2D eigenvalue weighted by Gasteiger charge is 2.30. The molecule has 1 aromatic carbocycles. The summed E-state index contributed by atoms with van der Waals surface area (Å²) in [5.74, 6) is -1.05. The van der Waals surface area contributed by atoms with E-state index in [0.717, 1.165) is 25.2 Å². The first-order chi connectivity index (χ1) is 8.97. The van der Waals surface area contributed by atoms with E-state index in [2.05, 4.69) is 20.8 Å². The molecule has 3 nitrogen and oxygen atoms in total. The van der Waals surface area contributed by atoms with Gasteiger partial charge in [-0.25, -0.2) is 4.39 Å². The van der Waals surface area contributed by atoms with Crippen LogP contribution in [-0.4, -0.2) is 29.1 Å². The minimum atomic E-state index is -0.698. The number of carboxylic acids is 1. The summed E-state index contributed by atoms with van der Waals surface area (Å²) < 4.78 is 13.6. The van der Waals surface area contributed by atoms with E-state index >= 15 is 0 Å². The van der Waals surface area contributed by atoms with Gasteiger partial charge in [-0.05, 0) is 52.5 Å². The fourth-order valence-corrected chi connectivity index (χ4v) is 3.06. The average Bonchev–Trinajstić information content (AvgIpc) is 2.33. The van der Waals surface area contributed by atoms with Crippen LogP contribution < -0.4 is 0 Å². The van der Waals surface area contributed by atoms with Crippen LogP contribution in [0.25, 0.3) is 0 Å². The zero-order valence-electron chi connectivity index (χ0n) is 10.8. The molecule has 1 fully saturated rings. The summed E-state index contributed by atoms with van der Waals surface area (Å²) in [7, 11) is 0. The molecule has 1 aromatic rings. The molecule has 2 atom stereocenters. The molecular formula is C14H17BrFNO2. The van der Waals surface area contributed by atoms with Crippen LogP contribution in [0.1, 0.15) is 18.9 Å². The molecule has 0 radical (unpaired) electrons. The summed E-state index contributed by atoms with van der Waals surface area (Å²) in [4.78, 5) is 13.3. The number of nitrogens with zero attached hydrogens (tertiary/aromatic N) is 1. The highest BCUT2D eigenvalue weighted by molar-refractivity contribution is 9.10. The lowest BCUT2D eigenvalue weighted by Gasteiger charge is -2.34. The first-order valence-electron chi connectivity index (χ1n) is 6.36. The van der Waals surface area contributed by atoms with Crippen molar-refractivity contribution in [1.82, 2.24) is 4.90 Å². The lowest BCUT2D eigenvalue weighted by atomic mass is 9.87. The van der Waals surface area contributed by atoms with E-state index in [1.54, 1.807) is 12.1 Å². The first kappa shape index (κ1) is 14.5. The number of benzene rings is 1. The number of carbonyl (C=O) groups is 1. The van der Waals surface area contributed by atoms with E-state index in [1.165, 1.54) is 6.07 Å². The molecule has 1 aliphatic heterocycles. The van der Waals surface area contributed by atoms with Crippen LogP contribution in [0.4, 0.5) is 4.39 Å². The van der Waals surface area contributed by atoms with E-state index in [9.17, 15) is 9.18 Å². The molecule has 0 bridgehead atoms. The highest BCUT2D eigenvalue weighted by atomic mass is 79.9. The van der Waals surface area contributed by atoms with Crippen molar-refractivity contribution >= 4 is 21.9 Å². The maximum atomic E-state index is 13.2. The normalized spacial score (nSPS) is 24.4. The predicted molar refractivity (Wildman–Crippen MR) is 74.3 cm³/mol. The van der Waals surface area contributed by atoms with Crippen LogP contribution in [0.2, 0.25) is 0 Å². The largest absolute Gasteiger partial charge is 0.481 e. The highest BCUT2D eigenvalue weighted by Crippen LogP contribution is 2.25. The topological polar surface area (TPSA) is 40.5 Å². The second kappa shape index (κ2) is 6.01. The van der Waals surface area contributed by atoms with Crippen LogP contribution in [0.5, 0.6) is 0 Å². The fourth-order valence-electron chi connectivity index (χ4n) is 2.64. The summed E-state index contributed by atoms with van der Waals surface area (Å²) >= 11 is 3.18. The van der Waals surface area contributed by atoms with E-state index in [4.69, 9.17) is 5.11 Å². The Labute approximate surface area is 120 Å². The van der Waals surface area contributed by atoms with Gasteiger partial charge in [0.2, 0.25) is 0 Å². The van der Waals surface area contributed by atoms with E-state index in [-0.39, 0.29) is 17.7 Å². The zero-order chi connectivity index (χ0) is 14.0. The quantitative estimate of drug-likeness (QED) is 0.926. The van der Waals surface area contributed by atoms with Gasteiger partial charge >= 0.3 is 5.97 Å².